The normalized spacial score (nSPS) is 18.2. The number of imide groups is 1. The zero-order valence-corrected chi connectivity index (χ0v) is 11.5. The van der Waals surface area contributed by atoms with E-state index in [9.17, 15) is 18.8 Å². The fourth-order valence-corrected chi connectivity index (χ4v) is 2.26. The number of nitrogens with zero attached hydrogens (tertiary/aromatic N) is 1. The molecule has 0 bridgehead atoms. The smallest absolute Gasteiger partial charge is 0.230 e. The minimum atomic E-state index is -0.437. The molecule has 0 unspecified atom stereocenters. The van der Waals surface area contributed by atoms with Gasteiger partial charge in [0.1, 0.15) is 5.82 Å². The molecule has 1 aliphatic heterocycles. The molecular weight excluding hydrogens is 261 g/mol. The average molecular weight is 277 g/mol. The second-order valence-electron chi connectivity index (χ2n) is 5.82. The summed E-state index contributed by atoms with van der Waals surface area (Å²) in [6.45, 7) is 3.42. The maximum atomic E-state index is 12.8. The number of halogens is 1. The molecule has 1 heterocycles. The summed E-state index contributed by atoms with van der Waals surface area (Å²) in [5, 5.41) is 0. The molecule has 2 rings (SSSR count). The quantitative estimate of drug-likeness (QED) is 0.628. The number of likely N-dealkylation sites (tertiary alicyclic amines) is 1. The molecule has 1 aliphatic rings. The van der Waals surface area contributed by atoms with E-state index in [4.69, 9.17) is 0 Å². The predicted octanol–water partition coefficient (Wildman–Crippen LogP) is 2.18. The lowest BCUT2D eigenvalue weighted by molar-refractivity contribution is -0.151. The third kappa shape index (κ3) is 3.10. The van der Waals surface area contributed by atoms with E-state index in [0.29, 0.717) is 0 Å². The van der Waals surface area contributed by atoms with Gasteiger partial charge in [-0.25, -0.2) is 4.39 Å². The van der Waals surface area contributed by atoms with Crippen LogP contribution in [0.5, 0.6) is 0 Å². The molecular formula is C15H16FNO3. The molecule has 2 amide bonds. The zero-order chi connectivity index (χ0) is 14.9. The summed E-state index contributed by atoms with van der Waals surface area (Å²) in [5.74, 6) is -1.47. The van der Waals surface area contributed by atoms with Crippen molar-refractivity contribution in [2.75, 3.05) is 6.54 Å². The van der Waals surface area contributed by atoms with Crippen molar-refractivity contribution in [3.8, 4) is 0 Å². The van der Waals surface area contributed by atoms with Gasteiger partial charge < -0.3 is 0 Å². The molecule has 0 aromatic heterocycles. The number of amides is 2. The molecule has 5 heteroatoms. The van der Waals surface area contributed by atoms with Crippen molar-refractivity contribution in [3.63, 3.8) is 0 Å². The summed E-state index contributed by atoms with van der Waals surface area (Å²) in [7, 11) is 0. The fraction of sp³-hybridized carbons (Fsp3) is 0.400. The molecule has 0 N–H and O–H groups in total. The second kappa shape index (κ2) is 5.15. The van der Waals surface area contributed by atoms with Gasteiger partial charge in [0.05, 0.1) is 6.54 Å². The number of ketones is 1. The third-order valence-corrected chi connectivity index (χ3v) is 3.33. The highest BCUT2D eigenvalue weighted by molar-refractivity contribution is 6.05. The summed E-state index contributed by atoms with van der Waals surface area (Å²) in [6.07, 6.45) is 0.491. The Kier molecular flexibility index (Phi) is 3.70. The summed E-state index contributed by atoms with van der Waals surface area (Å²) in [4.78, 5) is 36.9. The fourth-order valence-electron chi connectivity index (χ4n) is 2.26. The van der Waals surface area contributed by atoms with Crippen LogP contribution in [0.15, 0.2) is 24.3 Å². The number of hydrogen-bond acceptors (Lipinski definition) is 3. The number of hydrogen-bond donors (Lipinski definition) is 0. The van der Waals surface area contributed by atoms with Crippen LogP contribution in [-0.4, -0.2) is 29.0 Å². The van der Waals surface area contributed by atoms with E-state index < -0.39 is 5.82 Å². The highest BCUT2D eigenvalue weighted by atomic mass is 19.1. The second-order valence-corrected chi connectivity index (χ2v) is 5.82. The molecule has 0 radical (unpaired) electrons. The van der Waals surface area contributed by atoms with Crippen molar-refractivity contribution in [2.24, 2.45) is 5.41 Å². The molecule has 1 fully saturated rings. The van der Waals surface area contributed by atoms with Gasteiger partial charge in [0.15, 0.2) is 5.78 Å². The van der Waals surface area contributed by atoms with Crippen LogP contribution in [0, 0.1) is 11.2 Å². The number of Topliss-reactive ketones (excluding diaryl/α,β-unsaturated/α-hetero) is 1. The van der Waals surface area contributed by atoms with Gasteiger partial charge in [0, 0.05) is 18.4 Å². The Hall–Kier alpha value is -2.04. The van der Waals surface area contributed by atoms with Crippen molar-refractivity contribution >= 4 is 17.6 Å². The predicted molar refractivity (Wildman–Crippen MR) is 70.5 cm³/mol. The molecule has 0 atom stereocenters. The summed E-state index contributed by atoms with van der Waals surface area (Å²) < 4.78 is 12.8. The number of benzene rings is 1. The minimum Gasteiger partial charge on any atom is -0.292 e. The molecule has 106 valence electrons. The van der Waals surface area contributed by atoms with Crippen LogP contribution in [0.1, 0.15) is 37.0 Å². The Morgan fingerprint density at radius 1 is 1.15 bits per heavy atom. The maximum absolute atomic E-state index is 12.8. The van der Waals surface area contributed by atoms with Gasteiger partial charge >= 0.3 is 0 Å². The monoisotopic (exact) mass is 277 g/mol. The van der Waals surface area contributed by atoms with E-state index in [1.807, 2.05) is 13.8 Å². The minimum absolute atomic E-state index is 0.245. The van der Waals surface area contributed by atoms with Gasteiger partial charge in [-0.1, -0.05) is 13.8 Å². The molecule has 4 nitrogen and oxygen atoms in total. The lowest BCUT2D eigenvalue weighted by atomic mass is 9.81. The molecule has 0 spiro atoms. The maximum Gasteiger partial charge on any atom is 0.230 e. The SMILES string of the molecule is CC1(C)CC(=O)N(CC(=O)c2ccc(F)cc2)C(=O)C1. The van der Waals surface area contributed by atoms with E-state index in [0.717, 1.165) is 4.90 Å². The van der Waals surface area contributed by atoms with E-state index >= 15 is 0 Å². The molecule has 20 heavy (non-hydrogen) atoms. The van der Waals surface area contributed by atoms with Gasteiger partial charge in [0.2, 0.25) is 11.8 Å². The summed E-state index contributed by atoms with van der Waals surface area (Å²) >= 11 is 0. The van der Waals surface area contributed by atoms with Gasteiger partial charge in [-0.2, -0.15) is 0 Å². The Labute approximate surface area is 116 Å². The first-order valence-corrected chi connectivity index (χ1v) is 6.40. The Morgan fingerprint density at radius 2 is 1.65 bits per heavy atom. The largest absolute Gasteiger partial charge is 0.292 e. The van der Waals surface area contributed by atoms with E-state index in [1.54, 1.807) is 0 Å². The van der Waals surface area contributed by atoms with Crippen LogP contribution in [0.25, 0.3) is 0 Å². The van der Waals surface area contributed by atoms with Crippen molar-refractivity contribution in [2.45, 2.75) is 26.7 Å². The van der Waals surface area contributed by atoms with Crippen LogP contribution in [0.2, 0.25) is 0 Å². The first-order chi connectivity index (χ1) is 9.28. The molecule has 0 saturated carbocycles. The molecule has 1 aromatic carbocycles. The van der Waals surface area contributed by atoms with Gasteiger partial charge in [-0.3, -0.25) is 19.3 Å². The van der Waals surface area contributed by atoms with Crippen molar-refractivity contribution < 1.29 is 18.8 Å². The van der Waals surface area contributed by atoms with Gasteiger partial charge in [0.25, 0.3) is 0 Å². The Morgan fingerprint density at radius 3 is 2.15 bits per heavy atom. The summed E-state index contributed by atoms with van der Waals surface area (Å²) in [6, 6.07) is 5.05. The molecule has 1 saturated heterocycles. The Bertz CT molecular complexity index is 543. The standard InChI is InChI=1S/C15H16FNO3/c1-15(2)7-13(19)17(14(20)8-15)9-12(18)10-3-5-11(16)6-4-10/h3-6H,7-9H2,1-2H3. The zero-order valence-electron chi connectivity index (χ0n) is 11.5. The molecule has 1 aromatic rings. The van der Waals surface area contributed by atoms with E-state index in [1.165, 1.54) is 24.3 Å². The third-order valence-electron chi connectivity index (χ3n) is 3.33. The lowest BCUT2D eigenvalue weighted by Crippen LogP contribution is -2.48. The van der Waals surface area contributed by atoms with Crippen molar-refractivity contribution in [1.82, 2.24) is 4.90 Å². The average Bonchev–Trinajstić information content (AvgIpc) is 2.33. The van der Waals surface area contributed by atoms with Crippen LogP contribution < -0.4 is 0 Å². The first-order valence-electron chi connectivity index (χ1n) is 6.40. The highest BCUT2D eigenvalue weighted by Crippen LogP contribution is 2.31. The Balaban J connectivity index is 2.10. The number of piperidine rings is 1. The van der Waals surface area contributed by atoms with E-state index in [-0.39, 0.29) is 48.0 Å². The van der Waals surface area contributed by atoms with E-state index in [2.05, 4.69) is 0 Å². The number of rotatable bonds is 3. The van der Waals surface area contributed by atoms with Crippen molar-refractivity contribution in [3.05, 3.63) is 35.6 Å². The number of carbonyl (C=O) groups is 3. The first kappa shape index (κ1) is 14.4. The van der Waals surface area contributed by atoms with Crippen LogP contribution in [0.4, 0.5) is 4.39 Å². The highest BCUT2D eigenvalue weighted by Gasteiger charge is 2.38. The van der Waals surface area contributed by atoms with Crippen LogP contribution >= 0.6 is 0 Å². The molecule has 0 aliphatic carbocycles. The lowest BCUT2D eigenvalue weighted by Gasteiger charge is -2.34. The summed E-state index contributed by atoms with van der Waals surface area (Å²) in [5.41, 5.74) is -0.0688. The van der Waals surface area contributed by atoms with Crippen molar-refractivity contribution in [1.29, 1.82) is 0 Å². The topological polar surface area (TPSA) is 54.5 Å². The van der Waals surface area contributed by atoms with Crippen LogP contribution in [0.3, 0.4) is 0 Å². The van der Waals surface area contributed by atoms with Gasteiger partial charge in [-0.05, 0) is 29.7 Å². The van der Waals surface area contributed by atoms with Crippen LogP contribution in [-0.2, 0) is 9.59 Å². The van der Waals surface area contributed by atoms with Gasteiger partial charge in [-0.15, -0.1) is 0 Å². The number of carbonyl (C=O) groups excluding carboxylic acids is 3.